The standard InChI is InChI=1S/C35H36N4O4S2/c1-24-31(29-23-45-33(36-29)26-11-14-38(15-12-26)30(40)21-28-10-6-20-44-28)32(37-43-24)35(34(41)39-16-18-42-19-17-39)13-5-9-27(22-35)25-7-3-2-4-8-25/h2-10,13,20,23,26H,11-12,14-19,21-22H2,1H3. The number of allylic oxidation sites excluding steroid dienone is 3. The highest BCUT2D eigenvalue weighted by Gasteiger charge is 2.47. The number of aryl methyl sites for hydroxylation is 1. The number of piperidine rings is 1. The molecule has 10 heteroatoms. The Morgan fingerprint density at radius 1 is 1.00 bits per heavy atom. The van der Waals surface area contributed by atoms with Crippen molar-refractivity contribution in [3.8, 4) is 11.3 Å². The molecule has 4 aromatic rings. The van der Waals surface area contributed by atoms with Crippen molar-refractivity contribution in [3.05, 3.63) is 98.4 Å². The van der Waals surface area contributed by atoms with E-state index in [1.54, 1.807) is 22.7 Å². The summed E-state index contributed by atoms with van der Waals surface area (Å²) >= 11 is 3.27. The number of amides is 2. The van der Waals surface area contributed by atoms with Gasteiger partial charge in [-0.2, -0.15) is 0 Å². The van der Waals surface area contributed by atoms with Crippen molar-refractivity contribution in [2.75, 3.05) is 39.4 Å². The molecule has 0 saturated carbocycles. The fourth-order valence-electron chi connectivity index (χ4n) is 6.67. The normalized spacial score (nSPS) is 20.8. The summed E-state index contributed by atoms with van der Waals surface area (Å²) < 4.78 is 11.4. The predicted octanol–water partition coefficient (Wildman–Crippen LogP) is 6.26. The first-order chi connectivity index (χ1) is 22.0. The zero-order valence-corrected chi connectivity index (χ0v) is 26.9. The lowest BCUT2D eigenvalue weighted by Crippen LogP contribution is -2.51. The van der Waals surface area contributed by atoms with Crippen LogP contribution in [0.1, 0.15) is 52.1 Å². The van der Waals surface area contributed by atoms with Crippen molar-refractivity contribution in [1.82, 2.24) is 19.9 Å². The SMILES string of the molecule is Cc1onc(C2(C(=O)N3CCOCC3)C=CC=C(c3ccccc3)C2)c1-c1csc(C2CCN(C(=O)Cc3cccs3)CC2)n1. The summed E-state index contributed by atoms with van der Waals surface area (Å²) in [5.41, 5.74) is 3.31. The highest BCUT2D eigenvalue weighted by atomic mass is 32.1. The molecular formula is C35H36N4O4S2. The smallest absolute Gasteiger partial charge is 0.239 e. The second-order valence-electron chi connectivity index (χ2n) is 11.9. The maximum Gasteiger partial charge on any atom is 0.239 e. The van der Waals surface area contributed by atoms with Crippen LogP contribution in [0.15, 0.2) is 76.0 Å². The third-order valence-corrected chi connectivity index (χ3v) is 11.0. The van der Waals surface area contributed by atoms with Crippen LogP contribution < -0.4 is 0 Å². The van der Waals surface area contributed by atoms with E-state index in [1.807, 2.05) is 64.6 Å². The molecule has 1 atom stereocenters. The molecule has 45 heavy (non-hydrogen) atoms. The molecule has 0 radical (unpaired) electrons. The highest BCUT2D eigenvalue weighted by molar-refractivity contribution is 7.10. The van der Waals surface area contributed by atoms with E-state index in [4.69, 9.17) is 14.2 Å². The Morgan fingerprint density at radius 2 is 1.80 bits per heavy atom. The minimum absolute atomic E-state index is 0.00757. The summed E-state index contributed by atoms with van der Waals surface area (Å²) in [6.45, 7) is 5.49. The van der Waals surface area contributed by atoms with E-state index in [2.05, 4.69) is 28.7 Å². The number of thiazole rings is 1. The molecule has 3 aliphatic rings. The summed E-state index contributed by atoms with van der Waals surface area (Å²) in [6, 6.07) is 14.2. The number of nitrogens with zero attached hydrogens (tertiary/aromatic N) is 4. The lowest BCUT2D eigenvalue weighted by Gasteiger charge is -2.38. The number of ether oxygens (including phenoxy) is 1. The third kappa shape index (κ3) is 5.94. The van der Waals surface area contributed by atoms with E-state index in [0.29, 0.717) is 50.6 Å². The van der Waals surface area contributed by atoms with Crippen molar-refractivity contribution in [3.63, 3.8) is 0 Å². The molecule has 232 valence electrons. The number of benzene rings is 1. The van der Waals surface area contributed by atoms with Gasteiger partial charge in [-0.1, -0.05) is 59.8 Å². The molecule has 1 aromatic carbocycles. The Morgan fingerprint density at radius 3 is 2.56 bits per heavy atom. The van der Waals surface area contributed by atoms with Crippen molar-refractivity contribution in [2.24, 2.45) is 0 Å². The summed E-state index contributed by atoms with van der Waals surface area (Å²) in [7, 11) is 0. The maximum absolute atomic E-state index is 14.5. The van der Waals surface area contributed by atoms with Crippen molar-refractivity contribution >= 4 is 40.1 Å². The highest BCUT2D eigenvalue weighted by Crippen LogP contribution is 2.46. The zero-order valence-electron chi connectivity index (χ0n) is 25.3. The molecule has 8 nitrogen and oxygen atoms in total. The van der Waals surface area contributed by atoms with Gasteiger partial charge in [-0.3, -0.25) is 9.59 Å². The Labute approximate surface area is 271 Å². The van der Waals surface area contributed by atoms with Crippen LogP contribution in [0.5, 0.6) is 0 Å². The number of likely N-dealkylation sites (tertiary alicyclic amines) is 1. The van der Waals surface area contributed by atoms with Gasteiger partial charge in [0.15, 0.2) is 0 Å². The molecule has 5 heterocycles. The Hall–Kier alpha value is -3.86. The third-order valence-electron chi connectivity index (χ3n) is 9.14. The quantitative estimate of drug-likeness (QED) is 0.237. The Kier molecular flexibility index (Phi) is 8.53. The van der Waals surface area contributed by atoms with Crippen molar-refractivity contribution < 1.29 is 18.8 Å². The number of carbonyl (C=O) groups is 2. The molecule has 0 bridgehead atoms. The first-order valence-electron chi connectivity index (χ1n) is 15.6. The largest absolute Gasteiger partial charge is 0.378 e. The van der Waals surface area contributed by atoms with Gasteiger partial charge < -0.3 is 19.1 Å². The van der Waals surface area contributed by atoms with E-state index in [0.717, 1.165) is 58.2 Å². The molecule has 2 fully saturated rings. The van der Waals surface area contributed by atoms with Gasteiger partial charge in [0.25, 0.3) is 0 Å². The van der Waals surface area contributed by atoms with Crippen LogP contribution in [-0.2, 0) is 26.2 Å². The van der Waals surface area contributed by atoms with Gasteiger partial charge in [0, 0.05) is 42.4 Å². The van der Waals surface area contributed by atoms with Gasteiger partial charge in [0.1, 0.15) is 16.9 Å². The topological polar surface area (TPSA) is 88.8 Å². The first-order valence-corrected chi connectivity index (χ1v) is 17.3. The van der Waals surface area contributed by atoms with Crippen LogP contribution in [0.2, 0.25) is 0 Å². The number of aromatic nitrogens is 2. The summed E-state index contributed by atoms with van der Waals surface area (Å²) in [6.07, 6.45) is 8.77. The number of carbonyl (C=O) groups excluding carboxylic acids is 2. The number of hydrogen-bond acceptors (Lipinski definition) is 8. The second kappa shape index (κ2) is 12.9. The van der Waals surface area contributed by atoms with Crippen LogP contribution in [0.3, 0.4) is 0 Å². The van der Waals surface area contributed by atoms with Gasteiger partial charge in [-0.05, 0) is 48.8 Å². The molecule has 0 spiro atoms. The van der Waals surface area contributed by atoms with Gasteiger partial charge in [0.2, 0.25) is 11.8 Å². The Bertz CT molecular complexity index is 1710. The van der Waals surface area contributed by atoms with E-state index in [1.165, 1.54) is 0 Å². The van der Waals surface area contributed by atoms with Gasteiger partial charge in [-0.15, -0.1) is 22.7 Å². The van der Waals surface area contributed by atoms with E-state index >= 15 is 0 Å². The van der Waals surface area contributed by atoms with Crippen LogP contribution in [0.4, 0.5) is 0 Å². The number of hydrogen-bond donors (Lipinski definition) is 0. The predicted molar refractivity (Wildman–Crippen MR) is 176 cm³/mol. The molecule has 2 amide bonds. The minimum atomic E-state index is -1.04. The lowest BCUT2D eigenvalue weighted by molar-refractivity contribution is -0.140. The molecule has 0 N–H and O–H groups in total. The number of rotatable bonds is 7. The average molecular weight is 641 g/mol. The van der Waals surface area contributed by atoms with Crippen molar-refractivity contribution in [1.29, 1.82) is 0 Å². The van der Waals surface area contributed by atoms with E-state index < -0.39 is 5.41 Å². The van der Waals surface area contributed by atoms with Crippen molar-refractivity contribution in [2.45, 2.75) is 43.9 Å². The summed E-state index contributed by atoms with van der Waals surface area (Å²) in [5.74, 6) is 1.13. The van der Waals surface area contributed by atoms with Gasteiger partial charge >= 0.3 is 0 Å². The molecule has 2 aliphatic heterocycles. The van der Waals surface area contributed by atoms with E-state index in [-0.39, 0.29) is 17.7 Å². The number of morpholine rings is 1. The molecule has 3 aromatic heterocycles. The van der Waals surface area contributed by atoms with Gasteiger partial charge in [-0.25, -0.2) is 4.98 Å². The lowest BCUT2D eigenvalue weighted by atomic mass is 9.71. The van der Waals surface area contributed by atoms with Crippen LogP contribution in [0, 0.1) is 6.92 Å². The van der Waals surface area contributed by atoms with Crippen LogP contribution >= 0.6 is 22.7 Å². The summed E-state index contributed by atoms with van der Waals surface area (Å²) in [5, 5.41) is 9.74. The summed E-state index contributed by atoms with van der Waals surface area (Å²) in [4.78, 5) is 37.5. The maximum atomic E-state index is 14.5. The van der Waals surface area contributed by atoms with E-state index in [9.17, 15) is 9.59 Å². The molecule has 1 unspecified atom stereocenters. The van der Waals surface area contributed by atoms with Gasteiger partial charge in [0.05, 0.1) is 35.9 Å². The number of thiophene rings is 1. The molecular weight excluding hydrogens is 605 g/mol. The monoisotopic (exact) mass is 640 g/mol. The molecule has 7 rings (SSSR count). The fraction of sp³-hybridized carbons (Fsp3) is 0.371. The fourth-order valence-corrected chi connectivity index (χ4v) is 8.35. The Balaban J connectivity index is 1.16. The molecule has 2 saturated heterocycles. The second-order valence-corrected chi connectivity index (χ2v) is 13.8. The van der Waals surface area contributed by atoms with Crippen LogP contribution in [0.25, 0.3) is 16.8 Å². The molecule has 1 aliphatic carbocycles. The average Bonchev–Trinajstić information content (AvgIpc) is 3.87. The van der Waals surface area contributed by atoms with Crippen LogP contribution in [-0.4, -0.2) is 71.1 Å². The zero-order chi connectivity index (χ0) is 30.8. The minimum Gasteiger partial charge on any atom is -0.378 e. The first kappa shape index (κ1) is 29.8.